The van der Waals surface area contributed by atoms with E-state index in [1.54, 1.807) is 29.6 Å². The van der Waals surface area contributed by atoms with Crippen molar-refractivity contribution in [1.29, 1.82) is 0 Å². The lowest BCUT2D eigenvalue weighted by Crippen LogP contribution is -2.13. The van der Waals surface area contributed by atoms with Crippen LogP contribution in [0.25, 0.3) is 0 Å². The lowest BCUT2D eigenvalue weighted by molar-refractivity contribution is -0.116. The van der Waals surface area contributed by atoms with Gasteiger partial charge in [0.1, 0.15) is 0 Å². The van der Waals surface area contributed by atoms with E-state index >= 15 is 0 Å². The number of thiazole rings is 1. The van der Waals surface area contributed by atoms with Crippen LogP contribution >= 0.6 is 11.3 Å². The molecule has 0 saturated carbocycles. The number of hydrogen-bond donors (Lipinski definition) is 2. The van der Waals surface area contributed by atoms with E-state index in [9.17, 15) is 18.4 Å². The van der Waals surface area contributed by atoms with Gasteiger partial charge in [-0.25, -0.2) is 13.8 Å². The van der Waals surface area contributed by atoms with Crippen LogP contribution in [-0.2, 0) is 11.2 Å². The Hall–Kier alpha value is -3.13. The molecule has 0 fully saturated rings. The van der Waals surface area contributed by atoms with Gasteiger partial charge in [-0.2, -0.15) is 0 Å². The predicted octanol–water partition coefficient (Wildman–Crippen LogP) is 4.24. The molecule has 0 aliphatic carbocycles. The number of aromatic nitrogens is 1. The number of nitrogens with zero attached hydrogens (tertiary/aromatic N) is 1. The number of amides is 2. The van der Waals surface area contributed by atoms with Crippen molar-refractivity contribution in [2.75, 3.05) is 10.6 Å². The van der Waals surface area contributed by atoms with Gasteiger partial charge in [0.2, 0.25) is 5.91 Å². The number of benzene rings is 2. The number of aryl methyl sites for hydroxylation is 1. The number of carbonyl (C=O) groups excluding carboxylic acids is 2. The minimum Gasteiger partial charge on any atom is -0.326 e. The van der Waals surface area contributed by atoms with E-state index in [-0.39, 0.29) is 23.9 Å². The normalized spacial score (nSPS) is 10.4. The zero-order valence-electron chi connectivity index (χ0n) is 14.0. The molecule has 8 heteroatoms. The third-order valence-electron chi connectivity index (χ3n) is 3.62. The molecule has 3 aromatic rings. The van der Waals surface area contributed by atoms with Gasteiger partial charge in [0, 0.05) is 29.1 Å². The summed E-state index contributed by atoms with van der Waals surface area (Å²) in [7, 11) is 0. The summed E-state index contributed by atoms with van der Waals surface area (Å²) in [6.45, 7) is 0. The average Bonchev–Trinajstić information content (AvgIpc) is 3.11. The lowest BCUT2D eigenvalue weighted by atomic mass is 10.2. The van der Waals surface area contributed by atoms with Crippen molar-refractivity contribution in [3.8, 4) is 0 Å². The number of hydrogen-bond acceptors (Lipinski definition) is 4. The first-order chi connectivity index (χ1) is 13.0. The summed E-state index contributed by atoms with van der Waals surface area (Å²) in [6.07, 6.45) is 0.474. The Morgan fingerprint density at radius 3 is 2.52 bits per heavy atom. The number of nitrogens with one attached hydrogen (secondary N) is 2. The zero-order chi connectivity index (χ0) is 19.2. The maximum Gasteiger partial charge on any atom is 0.257 e. The smallest absolute Gasteiger partial charge is 0.257 e. The first-order valence-electron chi connectivity index (χ1n) is 8.07. The van der Waals surface area contributed by atoms with E-state index in [0.717, 1.165) is 12.1 Å². The monoisotopic (exact) mass is 387 g/mol. The number of halogens is 2. The fourth-order valence-electron chi connectivity index (χ4n) is 2.28. The predicted molar refractivity (Wildman–Crippen MR) is 99.8 cm³/mol. The van der Waals surface area contributed by atoms with E-state index in [1.165, 1.54) is 17.4 Å². The van der Waals surface area contributed by atoms with Gasteiger partial charge < -0.3 is 5.32 Å². The summed E-state index contributed by atoms with van der Waals surface area (Å²) in [5.41, 5.74) is 1.37. The van der Waals surface area contributed by atoms with Crippen LogP contribution in [0.3, 0.4) is 0 Å². The molecule has 2 aromatic carbocycles. The highest BCUT2D eigenvalue weighted by Crippen LogP contribution is 2.18. The van der Waals surface area contributed by atoms with Crippen molar-refractivity contribution in [2.24, 2.45) is 0 Å². The van der Waals surface area contributed by atoms with Gasteiger partial charge in [0.15, 0.2) is 16.8 Å². The molecule has 2 amide bonds. The first-order valence-corrected chi connectivity index (χ1v) is 8.95. The number of anilines is 2. The summed E-state index contributed by atoms with van der Waals surface area (Å²) in [4.78, 5) is 28.3. The summed E-state index contributed by atoms with van der Waals surface area (Å²) in [5, 5.41) is 7.41. The molecule has 1 heterocycles. The molecular weight excluding hydrogens is 372 g/mol. The first kappa shape index (κ1) is 18.7. The third-order valence-corrected chi connectivity index (χ3v) is 4.43. The van der Waals surface area contributed by atoms with Gasteiger partial charge in [-0.1, -0.05) is 18.2 Å². The third kappa shape index (κ3) is 5.18. The van der Waals surface area contributed by atoms with Gasteiger partial charge in [-0.3, -0.25) is 14.9 Å². The van der Waals surface area contributed by atoms with Crippen molar-refractivity contribution in [3.63, 3.8) is 0 Å². The SMILES string of the molecule is O=C(CCc1csc(NC(=O)c2ccccc2)n1)Nc1ccc(F)c(F)c1. The fraction of sp³-hybridized carbons (Fsp3) is 0.105. The molecule has 138 valence electrons. The van der Waals surface area contributed by atoms with Crippen molar-refractivity contribution >= 4 is 34.0 Å². The van der Waals surface area contributed by atoms with E-state index in [2.05, 4.69) is 15.6 Å². The molecule has 3 rings (SSSR count). The van der Waals surface area contributed by atoms with Gasteiger partial charge >= 0.3 is 0 Å². The van der Waals surface area contributed by atoms with E-state index in [0.29, 0.717) is 22.8 Å². The Kier molecular flexibility index (Phi) is 5.87. The molecule has 0 spiro atoms. The molecule has 2 N–H and O–H groups in total. The van der Waals surface area contributed by atoms with E-state index < -0.39 is 11.6 Å². The molecule has 0 radical (unpaired) electrons. The summed E-state index contributed by atoms with van der Waals surface area (Å²) in [5.74, 6) is -2.59. The average molecular weight is 387 g/mol. The van der Waals surface area contributed by atoms with Crippen LogP contribution in [0.1, 0.15) is 22.5 Å². The second-order valence-electron chi connectivity index (χ2n) is 5.64. The highest BCUT2D eigenvalue weighted by molar-refractivity contribution is 7.14. The molecule has 0 bridgehead atoms. The minimum atomic E-state index is -1.02. The molecule has 1 aromatic heterocycles. The van der Waals surface area contributed by atoms with Gasteiger partial charge in [0.25, 0.3) is 5.91 Å². The Morgan fingerprint density at radius 2 is 1.78 bits per heavy atom. The van der Waals surface area contributed by atoms with Crippen LogP contribution in [0.15, 0.2) is 53.9 Å². The molecule has 0 aliphatic heterocycles. The van der Waals surface area contributed by atoms with Crippen molar-refractivity contribution in [3.05, 3.63) is 76.8 Å². The second-order valence-corrected chi connectivity index (χ2v) is 6.50. The summed E-state index contributed by atoms with van der Waals surface area (Å²) >= 11 is 1.27. The van der Waals surface area contributed by atoms with E-state index in [4.69, 9.17) is 0 Å². The highest BCUT2D eigenvalue weighted by Gasteiger charge is 2.11. The number of rotatable bonds is 6. The Bertz CT molecular complexity index is 961. The largest absolute Gasteiger partial charge is 0.326 e. The molecule has 27 heavy (non-hydrogen) atoms. The standard InChI is InChI=1S/C19H15F2N3O2S/c20-15-8-6-13(10-16(15)21)22-17(25)9-7-14-11-27-19(23-14)24-18(26)12-4-2-1-3-5-12/h1-6,8,10-11H,7,9H2,(H,22,25)(H,23,24,26). The van der Waals surface area contributed by atoms with Gasteiger partial charge in [0.05, 0.1) is 5.69 Å². The number of carbonyl (C=O) groups is 2. The van der Waals surface area contributed by atoms with Crippen molar-refractivity contribution in [2.45, 2.75) is 12.8 Å². The van der Waals surface area contributed by atoms with Crippen LogP contribution in [0.2, 0.25) is 0 Å². The molecular formula is C19H15F2N3O2S. The molecule has 0 atom stereocenters. The quantitative estimate of drug-likeness (QED) is 0.664. The van der Waals surface area contributed by atoms with Crippen LogP contribution in [0, 0.1) is 11.6 Å². The maximum atomic E-state index is 13.1. The van der Waals surface area contributed by atoms with Gasteiger partial charge in [-0.15, -0.1) is 11.3 Å². The van der Waals surface area contributed by atoms with E-state index in [1.807, 2.05) is 6.07 Å². The minimum absolute atomic E-state index is 0.120. The van der Waals surface area contributed by atoms with Crippen LogP contribution in [0.4, 0.5) is 19.6 Å². The maximum absolute atomic E-state index is 13.1. The Balaban J connectivity index is 1.51. The molecule has 0 aliphatic rings. The van der Waals surface area contributed by atoms with Gasteiger partial charge in [-0.05, 0) is 30.7 Å². The fourth-order valence-corrected chi connectivity index (χ4v) is 3.02. The topological polar surface area (TPSA) is 71.1 Å². The molecule has 5 nitrogen and oxygen atoms in total. The zero-order valence-corrected chi connectivity index (χ0v) is 14.9. The second kappa shape index (κ2) is 8.50. The molecule has 0 saturated heterocycles. The van der Waals surface area contributed by atoms with Crippen LogP contribution < -0.4 is 10.6 Å². The highest BCUT2D eigenvalue weighted by atomic mass is 32.1. The van der Waals surface area contributed by atoms with Crippen molar-refractivity contribution in [1.82, 2.24) is 4.98 Å². The van der Waals surface area contributed by atoms with Crippen LogP contribution in [0.5, 0.6) is 0 Å². The van der Waals surface area contributed by atoms with Crippen molar-refractivity contribution < 1.29 is 18.4 Å². The lowest BCUT2D eigenvalue weighted by Gasteiger charge is -2.05. The summed E-state index contributed by atoms with van der Waals surface area (Å²) < 4.78 is 26.0. The Morgan fingerprint density at radius 1 is 1.00 bits per heavy atom. The molecule has 0 unspecified atom stereocenters. The van der Waals surface area contributed by atoms with Crippen LogP contribution in [-0.4, -0.2) is 16.8 Å². The Labute approximate surface area is 158 Å². The summed E-state index contributed by atoms with van der Waals surface area (Å²) in [6, 6.07) is 11.9.